The summed E-state index contributed by atoms with van der Waals surface area (Å²) in [5, 5.41) is 11.2. The molecule has 0 heterocycles. The monoisotopic (exact) mass is 303 g/mol. The lowest BCUT2D eigenvalue weighted by Crippen LogP contribution is -2.32. The predicted molar refractivity (Wildman–Crippen MR) is 69.8 cm³/mol. The molecule has 0 saturated heterocycles. The smallest absolute Gasteiger partial charge is 0.417 e. The number of carbonyl (C=O) groups excluding carboxylic acids is 1. The fourth-order valence-electron chi connectivity index (χ4n) is 1.62. The Labute approximate surface area is 120 Å². The standard InChI is InChI=1S/C14H16F3NO3/c1-13(2,12(20)21)7-8-18-11(19)9-5-3-4-6-10(9)14(15,16)17/h3-6H,7-8H2,1-2H3,(H,18,19)(H,20,21). The Kier molecular flexibility index (Phi) is 4.98. The van der Waals surface area contributed by atoms with E-state index in [2.05, 4.69) is 5.32 Å². The van der Waals surface area contributed by atoms with Crippen molar-refractivity contribution in [2.45, 2.75) is 26.4 Å². The summed E-state index contributed by atoms with van der Waals surface area (Å²) in [5.41, 5.74) is -2.55. The maximum absolute atomic E-state index is 12.8. The van der Waals surface area contributed by atoms with Gasteiger partial charge >= 0.3 is 12.1 Å². The van der Waals surface area contributed by atoms with Crippen LogP contribution in [0.15, 0.2) is 24.3 Å². The molecule has 0 radical (unpaired) electrons. The summed E-state index contributed by atoms with van der Waals surface area (Å²) in [6.07, 6.45) is -4.50. The molecule has 1 amide bonds. The van der Waals surface area contributed by atoms with Gasteiger partial charge in [-0.3, -0.25) is 9.59 Å². The van der Waals surface area contributed by atoms with Crippen molar-refractivity contribution >= 4 is 11.9 Å². The Bertz CT molecular complexity index is 539. The highest BCUT2D eigenvalue weighted by Gasteiger charge is 2.35. The fraction of sp³-hybridized carbons (Fsp3) is 0.429. The van der Waals surface area contributed by atoms with Crippen molar-refractivity contribution in [3.63, 3.8) is 0 Å². The van der Waals surface area contributed by atoms with E-state index in [1.54, 1.807) is 0 Å². The second-order valence-corrected chi connectivity index (χ2v) is 5.24. The van der Waals surface area contributed by atoms with E-state index in [1.165, 1.54) is 26.0 Å². The van der Waals surface area contributed by atoms with Crippen molar-refractivity contribution < 1.29 is 27.9 Å². The van der Waals surface area contributed by atoms with Crippen molar-refractivity contribution in [2.75, 3.05) is 6.54 Å². The average molecular weight is 303 g/mol. The number of amides is 1. The highest BCUT2D eigenvalue weighted by atomic mass is 19.4. The first-order valence-electron chi connectivity index (χ1n) is 6.23. The number of nitrogens with one attached hydrogen (secondary N) is 1. The third-order valence-corrected chi connectivity index (χ3v) is 3.09. The van der Waals surface area contributed by atoms with Gasteiger partial charge in [0, 0.05) is 6.54 Å². The molecule has 0 saturated carbocycles. The molecule has 0 spiro atoms. The predicted octanol–water partition coefficient (Wildman–Crippen LogP) is 2.94. The lowest BCUT2D eigenvalue weighted by Gasteiger charge is -2.19. The minimum Gasteiger partial charge on any atom is -0.481 e. The highest BCUT2D eigenvalue weighted by Crippen LogP contribution is 2.31. The third kappa shape index (κ3) is 4.47. The van der Waals surface area contributed by atoms with Gasteiger partial charge in [0.1, 0.15) is 0 Å². The van der Waals surface area contributed by atoms with Crippen molar-refractivity contribution in [3.05, 3.63) is 35.4 Å². The summed E-state index contributed by atoms with van der Waals surface area (Å²) in [6.45, 7) is 2.93. The largest absolute Gasteiger partial charge is 0.481 e. The molecule has 7 heteroatoms. The van der Waals surface area contributed by atoms with Crippen LogP contribution in [0.1, 0.15) is 36.2 Å². The number of alkyl halides is 3. The minimum atomic E-state index is -4.62. The molecule has 0 fully saturated rings. The van der Waals surface area contributed by atoms with Gasteiger partial charge in [0.25, 0.3) is 5.91 Å². The van der Waals surface area contributed by atoms with Crippen LogP contribution in [0.4, 0.5) is 13.2 Å². The zero-order chi connectivity index (χ0) is 16.3. The number of hydrogen-bond acceptors (Lipinski definition) is 2. The van der Waals surface area contributed by atoms with Crippen LogP contribution < -0.4 is 5.32 Å². The SMILES string of the molecule is CC(C)(CCNC(=O)c1ccccc1C(F)(F)F)C(=O)O. The quantitative estimate of drug-likeness (QED) is 0.879. The molecular formula is C14H16F3NO3. The number of rotatable bonds is 5. The number of aliphatic carboxylic acids is 1. The van der Waals surface area contributed by atoms with Gasteiger partial charge in [0.05, 0.1) is 16.5 Å². The van der Waals surface area contributed by atoms with Crippen molar-refractivity contribution in [1.82, 2.24) is 5.32 Å². The molecule has 116 valence electrons. The first kappa shape index (κ1) is 17.0. The molecule has 1 aromatic rings. The van der Waals surface area contributed by atoms with Crippen LogP contribution in [0.25, 0.3) is 0 Å². The van der Waals surface area contributed by atoms with Crippen LogP contribution in [-0.2, 0) is 11.0 Å². The van der Waals surface area contributed by atoms with Gasteiger partial charge in [-0.1, -0.05) is 12.1 Å². The van der Waals surface area contributed by atoms with E-state index in [-0.39, 0.29) is 13.0 Å². The number of carboxylic acids is 1. The second kappa shape index (κ2) is 6.15. The fourth-order valence-corrected chi connectivity index (χ4v) is 1.62. The molecule has 0 aromatic heterocycles. The summed E-state index contributed by atoms with van der Waals surface area (Å²) in [6, 6.07) is 4.45. The van der Waals surface area contributed by atoms with Gasteiger partial charge < -0.3 is 10.4 Å². The molecule has 2 N–H and O–H groups in total. The Morgan fingerprint density at radius 3 is 2.29 bits per heavy atom. The van der Waals surface area contributed by atoms with Gasteiger partial charge in [-0.2, -0.15) is 13.2 Å². The molecular weight excluding hydrogens is 287 g/mol. The summed E-state index contributed by atoms with van der Waals surface area (Å²) in [5.74, 6) is -1.91. The van der Waals surface area contributed by atoms with E-state index in [9.17, 15) is 22.8 Å². The maximum Gasteiger partial charge on any atom is 0.417 e. The molecule has 21 heavy (non-hydrogen) atoms. The van der Waals surface area contributed by atoms with Crippen LogP contribution in [0.5, 0.6) is 0 Å². The lowest BCUT2D eigenvalue weighted by atomic mass is 9.89. The average Bonchev–Trinajstić information content (AvgIpc) is 2.37. The molecule has 0 atom stereocenters. The van der Waals surface area contributed by atoms with Crippen LogP contribution in [0.3, 0.4) is 0 Å². The summed E-state index contributed by atoms with van der Waals surface area (Å²) in [7, 11) is 0. The Morgan fingerprint density at radius 1 is 1.19 bits per heavy atom. The topological polar surface area (TPSA) is 66.4 Å². The Morgan fingerprint density at radius 2 is 1.76 bits per heavy atom. The lowest BCUT2D eigenvalue weighted by molar-refractivity contribution is -0.147. The van der Waals surface area contributed by atoms with E-state index in [4.69, 9.17) is 5.11 Å². The van der Waals surface area contributed by atoms with Crippen molar-refractivity contribution in [2.24, 2.45) is 5.41 Å². The highest BCUT2D eigenvalue weighted by molar-refractivity contribution is 5.95. The van der Waals surface area contributed by atoms with E-state index >= 15 is 0 Å². The molecule has 0 aliphatic heterocycles. The van der Waals surface area contributed by atoms with E-state index in [0.29, 0.717) is 0 Å². The molecule has 0 unspecified atom stereocenters. The first-order valence-corrected chi connectivity index (χ1v) is 6.23. The summed E-state index contributed by atoms with van der Waals surface area (Å²) in [4.78, 5) is 22.7. The van der Waals surface area contributed by atoms with Crippen molar-refractivity contribution in [3.8, 4) is 0 Å². The van der Waals surface area contributed by atoms with E-state index in [1.807, 2.05) is 0 Å². The van der Waals surface area contributed by atoms with Crippen LogP contribution in [0.2, 0.25) is 0 Å². The number of carboxylic acid groups (broad SMARTS) is 1. The van der Waals surface area contributed by atoms with Gasteiger partial charge in [-0.25, -0.2) is 0 Å². The zero-order valence-electron chi connectivity index (χ0n) is 11.6. The normalized spacial score (nSPS) is 12.0. The summed E-state index contributed by atoms with van der Waals surface area (Å²) >= 11 is 0. The third-order valence-electron chi connectivity index (χ3n) is 3.09. The number of carbonyl (C=O) groups is 2. The zero-order valence-corrected chi connectivity index (χ0v) is 11.6. The Hall–Kier alpha value is -2.05. The first-order chi connectivity index (χ1) is 9.55. The van der Waals surface area contributed by atoms with Gasteiger partial charge in [0.15, 0.2) is 0 Å². The number of hydrogen-bond donors (Lipinski definition) is 2. The molecule has 1 rings (SSSR count). The Balaban J connectivity index is 2.76. The van der Waals surface area contributed by atoms with Gasteiger partial charge in [-0.05, 0) is 32.4 Å². The van der Waals surface area contributed by atoms with Gasteiger partial charge in [0.2, 0.25) is 0 Å². The molecule has 1 aromatic carbocycles. The second-order valence-electron chi connectivity index (χ2n) is 5.24. The number of benzene rings is 1. The molecule has 0 aliphatic rings. The maximum atomic E-state index is 12.8. The van der Waals surface area contributed by atoms with Crippen LogP contribution in [-0.4, -0.2) is 23.5 Å². The van der Waals surface area contributed by atoms with E-state index in [0.717, 1.165) is 12.1 Å². The molecule has 4 nitrogen and oxygen atoms in total. The minimum absolute atomic E-state index is 0.0235. The van der Waals surface area contributed by atoms with Gasteiger partial charge in [-0.15, -0.1) is 0 Å². The van der Waals surface area contributed by atoms with E-state index < -0.39 is 34.6 Å². The van der Waals surface area contributed by atoms with Crippen molar-refractivity contribution in [1.29, 1.82) is 0 Å². The summed E-state index contributed by atoms with van der Waals surface area (Å²) < 4.78 is 38.3. The van der Waals surface area contributed by atoms with Crippen LogP contribution >= 0.6 is 0 Å². The van der Waals surface area contributed by atoms with Crippen LogP contribution in [0, 0.1) is 5.41 Å². The molecule has 0 bridgehead atoms. The number of halogens is 3. The molecule has 0 aliphatic carbocycles.